The molecule has 0 amide bonds. The van der Waals surface area contributed by atoms with Crippen molar-refractivity contribution in [3.63, 3.8) is 0 Å². The predicted molar refractivity (Wildman–Crippen MR) is 46.4 cm³/mol. The van der Waals surface area contributed by atoms with Gasteiger partial charge in [0.05, 0.1) is 5.56 Å². The van der Waals surface area contributed by atoms with Gasteiger partial charge in [-0.05, 0) is 12.1 Å². The van der Waals surface area contributed by atoms with Crippen LogP contribution in [0.25, 0.3) is 11.4 Å². The van der Waals surface area contributed by atoms with E-state index in [1.807, 2.05) is 0 Å². The maximum atomic E-state index is 13.3. The minimum Gasteiger partial charge on any atom is -0.317 e. The number of halogens is 2. The molecule has 0 bridgehead atoms. The van der Waals surface area contributed by atoms with Crippen LogP contribution in [-0.4, -0.2) is 14.8 Å². The molecule has 1 aromatic heterocycles. The maximum absolute atomic E-state index is 13.3. The molecule has 1 aromatic carbocycles. The molecule has 2 aromatic rings. The Morgan fingerprint density at radius 1 is 1.29 bits per heavy atom. The summed E-state index contributed by atoms with van der Waals surface area (Å²) in [5, 5.41) is 7.29. The molecule has 0 fully saturated rings. The smallest absolute Gasteiger partial charge is 0.169 e. The zero-order valence-corrected chi connectivity index (χ0v) is 7.41. The van der Waals surface area contributed by atoms with Crippen LogP contribution in [0.5, 0.6) is 0 Å². The summed E-state index contributed by atoms with van der Waals surface area (Å²) >= 11 is 0. The van der Waals surface area contributed by atoms with E-state index in [0.29, 0.717) is 5.82 Å². The van der Waals surface area contributed by atoms with Crippen LogP contribution >= 0.6 is 0 Å². The lowest BCUT2D eigenvalue weighted by Crippen LogP contribution is -1.96. The Kier molecular flexibility index (Phi) is 1.99. The summed E-state index contributed by atoms with van der Waals surface area (Å²) in [6.45, 7) is 0. The molecule has 1 heterocycles. The Hall–Kier alpha value is -1.78. The normalized spacial score (nSPS) is 10.5. The van der Waals surface area contributed by atoms with Gasteiger partial charge in [-0.1, -0.05) is 6.07 Å². The minimum atomic E-state index is -0.899. The van der Waals surface area contributed by atoms with E-state index in [4.69, 9.17) is 0 Å². The molecule has 0 aliphatic carbocycles. The van der Waals surface area contributed by atoms with Crippen LogP contribution in [0.2, 0.25) is 0 Å². The molecular formula is C9H7F2N3. The van der Waals surface area contributed by atoms with Crippen molar-refractivity contribution in [2.45, 2.75) is 0 Å². The van der Waals surface area contributed by atoms with E-state index in [1.165, 1.54) is 23.0 Å². The van der Waals surface area contributed by atoms with Crippen molar-refractivity contribution < 1.29 is 8.78 Å². The van der Waals surface area contributed by atoms with Crippen LogP contribution in [0.4, 0.5) is 8.78 Å². The van der Waals surface area contributed by atoms with E-state index in [9.17, 15) is 8.78 Å². The van der Waals surface area contributed by atoms with Crippen molar-refractivity contribution in [1.82, 2.24) is 14.8 Å². The molecule has 0 unspecified atom stereocenters. The van der Waals surface area contributed by atoms with E-state index in [2.05, 4.69) is 10.2 Å². The van der Waals surface area contributed by atoms with Gasteiger partial charge < -0.3 is 4.57 Å². The first kappa shape index (κ1) is 8.80. The van der Waals surface area contributed by atoms with Crippen molar-refractivity contribution in [3.8, 4) is 11.4 Å². The van der Waals surface area contributed by atoms with Crippen LogP contribution in [0, 0.1) is 11.6 Å². The average Bonchev–Trinajstić information content (AvgIpc) is 2.57. The molecule has 0 spiro atoms. The second-order valence-electron chi connectivity index (χ2n) is 2.87. The highest BCUT2D eigenvalue weighted by Crippen LogP contribution is 2.21. The molecule has 0 N–H and O–H groups in total. The Morgan fingerprint density at radius 3 is 2.71 bits per heavy atom. The monoisotopic (exact) mass is 195 g/mol. The van der Waals surface area contributed by atoms with Crippen LogP contribution in [-0.2, 0) is 7.05 Å². The summed E-state index contributed by atoms with van der Waals surface area (Å²) in [7, 11) is 1.67. The van der Waals surface area contributed by atoms with Gasteiger partial charge in [0.2, 0.25) is 0 Å². The van der Waals surface area contributed by atoms with Crippen molar-refractivity contribution in [3.05, 3.63) is 36.2 Å². The molecule has 0 aliphatic rings. The lowest BCUT2D eigenvalue weighted by Gasteiger charge is -2.01. The van der Waals surface area contributed by atoms with Gasteiger partial charge in [0.25, 0.3) is 0 Å². The van der Waals surface area contributed by atoms with Crippen LogP contribution in [0.1, 0.15) is 0 Å². The number of benzene rings is 1. The summed E-state index contributed by atoms with van der Waals surface area (Å²) in [5.41, 5.74) is 0.116. The van der Waals surface area contributed by atoms with Crippen molar-refractivity contribution in [2.24, 2.45) is 7.05 Å². The number of hydrogen-bond donors (Lipinski definition) is 0. The van der Waals surface area contributed by atoms with E-state index in [-0.39, 0.29) is 5.56 Å². The van der Waals surface area contributed by atoms with Gasteiger partial charge in [0.1, 0.15) is 6.33 Å². The maximum Gasteiger partial charge on any atom is 0.169 e. The van der Waals surface area contributed by atoms with Crippen molar-refractivity contribution in [1.29, 1.82) is 0 Å². The van der Waals surface area contributed by atoms with E-state index >= 15 is 0 Å². The highest BCUT2D eigenvalue weighted by molar-refractivity contribution is 5.55. The second kappa shape index (κ2) is 3.17. The SMILES string of the molecule is Cn1cnnc1-c1cccc(F)c1F. The van der Waals surface area contributed by atoms with Gasteiger partial charge in [0.15, 0.2) is 17.5 Å². The molecule has 3 nitrogen and oxygen atoms in total. The number of aryl methyl sites for hydroxylation is 1. The van der Waals surface area contributed by atoms with E-state index in [1.54, 1.807) is 7.05 Å². The molecule has 2 rings (SSSR count). The Labute approximate surface area is 79.0 Å². The summed E-state index contributed by atoms with van der Waals surface area (Å²) < 4.78 is 27.7. The van der Waals surface area contributed by atoms with Gasteiger partial charge in [-0.25, -0.2) is 8.78 Å². The average molecular weight is 195 g/mol. The first-order valence-corrected chi connectivity index (χ1v) is 3.98. The first-order chi connectivity index (χ1) is 6.70. The van der Waals surface area contributed by atoms with Crippen molar-refractivity contribution >= 4 is 0 Å². The minimum absolute atomic E-state index is 0.116. The van der Waals surface area contributed by atoms with E-state index in [0.717, 1.165) is 6.07 Å². The molecule has 0 radical (unpaired) electrons. The molecule has 0 saturated carbocycles. The highest BCUT2D eigenvalue weighted by atomic mass is 19.2. The molecule has 14 heavy (non-hydrogen) atoms. The number of nitrogens with zero attached hydrogens (tertiary/aromatic N) is 3. The number of hydrogen-bond acceptors (Lipinski definition) is 2. The zero-order valence-electron chi connectivity index (χ0n) is 7.41. The Morgan fingerprint density at radius 2 is 2.07 bits per heavy atom. The van der Waals surface area contributed by atoms with Crippen molar-refractivity contribution in [2.75, 3.05) is 0 Å². The molecule has 0 aliphatic heterocycles. The highest BCUT2D eigenvalue weighted by Gasteiger charge is 2.13. The predicted octanol–water partition coefficient (Wildman–Crippen LogP) is 1.76. The topological polar surface area (TPSA) is 30.7 Å². The van der Waals surface area contributed by atoms with Crippen LogP contribution in [0.15, 0.2) is 24.5 Å². The third-order valence-corrected chi connectivity index (χ3v) is 1.90. The number of rotatable bonds is 1. The van der Waals surface area contributed by atoms with Gasteiger partial charge in [-0.3, -0.25) is 0 Å². The third kappa shape index (κ3) is 1.26. The lowest BCUT2D eigenvalue weighted by molar-refractivity contribution is 0.510. The lowest BCUT2D eigenvalue weighted by atomic mass is 10.2. The van der Waals surface area contributed by atoms with Gasteiger partial charge in [0, 0.05) is 7.05 Å². The number of aromatic nitrogens is 3. The van der Waals surface area contributed by atoms with E-state index < -0.39 is 11.6 Å². The summed E-state index contributed by atoms with van der Waals surface area (Å²) in [4.78, 5) is 0. The molecule has 5 heteroatoms. The fraction of sp³-hybridized carbons (Fsp3) is 0.111. The van der Waals surface area contributed by atoms with Gasteiger partial charge in [-0.15, -0.1) is 10.2 Å². The third-order valence-electron chi connectivity index (χ3n) is 1.90. The summed E-state index contributed by atoms with van der Waals surface area (Å²) in [6.07, 6.45) is 1.43. The fourth-order valence-corrected chi connectivity index (χ4v) is 1.20. The standard InChI is InChI=1S/C9H7F2N3/c1-14-5-12-13-9(14)6-3-2-4-7(10)8(6)11/h2-5H,1H3. The zero-order chi connectivity index (χ0) is 10.1. The Balaban J connectivity index is 2.63. The molecule has 0 atom stereocenters. The summed E-state index contributed by atoms with van der Waals surface area (Å²) in [6, 6.07) is 3.96. The quantitative estimate of drug-likeness (QED) is 0.694. The molecule has 0 saturated heterocycles. The van der Waals surface area contributed by atoms with Gasteiger partial charge >= 0.3 is 0 Å². The second-order valence-corrected chi connectivity index (χ2v) is 2.87. The summed E-state index contributed by atoms with van der Waals surface area (Å²) in [5.74, 6) is -1.48. The largest absolute Gasteiger partial charge is 0.317 e. The molecule has 72 valence electrons. The molecular weight excluding hydrogens is 188 g/mol. The van der Waals surface area contributed by atoms with Crippen LogP contribution in [0.3, 0.4) is 0 Å². The van der Waals surface area contributed by atoms with Crippen LogP contribution < -0.4 is 0 Å². The van der Waals surface area contributed by atoms with Gasteiger partial charge in [-0.2, -0.15) is 0 Å². The fourth-order valence-electron chi connectivity index (χ4n) is 1.20. The first-order valence-electron chi connectivity index (χ1n) is 3.98. The Bertz CT molecular complexity index is 465.